The summed E-state index contributed by atoms with van der Waals surface area (Å²) >= 11 is 0. The zero-order valence-electron chi connectivity index (χ0n) is 10.8. The van der Waals surface area contributed by atoms with E-state index in [2.05, 4.69) is 10.2 Å². The van der Waals surface area contributed by atoms with Gasteiger partial charge in [-0.15, -0.1) is 0 Å². The van der Waals surface area contributed by atoms with Crippen LogP contribution in [-0.2, 0) is 0 Å². The number of urea groups is 1. The van der Waals surface area contributed by atoms with Crippen molar-refractivity contribution in [3.63, 3.8) is 0 Å². The predicted molar refractivity (Wildman–Crippen MR) is 76.1 cm³/mol. The zero-order valence-corrected chi connectivity index (χ0v) is 10.8. The fourth-order valence-corrected chi connectivity index (χ4v) is 2.34. The molecular formula is C13H20N4O2. The molecule has 1 saturated heterocycles. The van der Waals surface area contributed by atoms with E-state index in [4.69, 9.17) is 11.5 Å². The number of nitrogens with one attached hydrogen (secondary N) is 1. The number of amides is 2. The Morgan fingerprint density at radius 3 is 2.95 bits per heavy atom. The highest BCUT2D eigenvalue weighted by Crippen LogP contribution is 2.27. The van der Waals surface area contributed by atoms with Gasteiger partial charge in [0.25, 0.3) is 0 Å². The van der Waals surface area contributed by atoms with Gasteiger partial charge in [0.2, 0.25) is 0 Å². The number of primary amides is 1. The second-order valence-electron chi connectivity index (χ2n) is 4.86. The molecule has 1 heterocycles. The number of carbonyl (C=O) groups excluding carboxylic acids is 1. The maximum Gasteiger partial charge on any atom is 0.316 e. The predicted octanol–water partition coefficient (Wildman–Crippen LogP) is 1.11. The molecule has 6 N–H and O–H groups in total. The number of β-amino-alcohol motifs (C(OH)–C–C–N with tert-alkyl or cyclic N) is 1. The molecule has 104 valence electrons. The van der Waals surface area contributed by atoms with E-state index in [0.29, 0.717) is 17.9 Å². The average molecular weight is 264 g/mol. The Morgan fingerprint density at radius 1 is 1.42 bits per heavy atom. The smallest absolute Gasteiger partial charge is 0.316 e. The number of anilines is 3. The lowest BCUT2D eigenvalue weighted by Gasteiger charge is -2.25. The Morgan fingerprint density at radius 2 is 2.21 bits per heavy atom. The van der Waals surface area contributed by atoms with Crippen molar-refractivity contribution in [2.45, 2.75) is 25.4 Å². The van der Waals surface area contributed by atoms with E-state index in [1.165, 1.54) is 0 Å². The van der Waals surface area contributed by atoms with Gasteiger partial charge < -0.3 is 26.8 Å². The zero-order chi connectivity index (χ0) is 13.8. The molecule has 6 heteroatoms. The first-order valence-electron chi connectivity index (χ1n) is 6.45. The van der Waals surface area contributed by atoms with E-state index in [-0.39, 0.29) is 6.10 Å². The highest BCUT2D eigenvalue weighted by molar-refractivity contribution is 5.92. The molecule has 1 atom stereocenters. The van der Waals surface area contributed by atoms with Crippen molar-refractivity contribution in [3.8, 4) is 0 Å². The first-order chi connectivity index (χ1) is 9.06. The molecule has 1 aliphatic rings. The van der Waals surface area contributed by atoms with Crippen LogP contribution in [0.4, 0.5) is 21.9 Å². The van der Waals surface area contributed by atoms with Crippen molar-refractivity contribution in [1.82, 2.24) is 0 Å². The van der Waals surface area contributed by atoms with E-state index >= 15 is 0 Å². The third-order valence-electron chi connectivity index (χ3n) is 3.31. The normalized spacial score (nSPS) is 19.8. The molecular weight excluding hydrogens is 244 g/mol. The van der Waals surface area contributed by atoms with Crippen LogP contribution in [-0.4, -0.2) is 30.3 Å². The summed E-state index contributed by atoms with van der Waals surface area (Å²) in [6.07, 6.45) is 2.59. The molecule has 6 nitrogen and oxygen atoms in total. The Bertz CT molecular complexity index is 464. The van der Waals surface area contributed by atoms with Gasteiger partial charge in [-0.2, -0.15) is 0 Å². The van der Waals surface area contributed by atoms with E-state index in [1.54, 1.807) is 12.1 Å². The Balaban J connectivity index is 2.21. The number of hydrogen-bond acceptors (Lipinski definition) is 4. The highest BCUT2D eigenvalue weighted by atomic mass is 16.3. The number of nitrogen functional groups attached to an aromatic ring is 1. The van der Waals surface area contributed by atoms with Crippen LogP contribution in [0.3, 0.4) is 0 Å². The summed E-state index contributed by atoms with van der Waals surface area (Å²) in [4.78, 5) is 13.0. The van der Waals surface area contributed by atoms with Gasteiger partial charge in [-0.25, -0.2) is 4.79 Å². The van der Waals surface area contributed by atoms with Crippen LogP contribution in [0.15, 0.2) is 18.2 Å². The summed E-state index contributed by atoms with van der Waals surface area (Å²) in [6.45, 7) is 1.48. The lowest BCUT2D eigenvalue weighted by molar-refractivity contribution is 0.174. The number of carbonyl (C=O) groups is 1. The van der Waals surface area contributed by atoms with Crippen molar-refractivity contribution < 1.29 is 9.90 Å². The molecule has 19 heavy (non-hydrogen) atoms. The molecule has 1 aromatic rings. The van der Waals surface area contributed by atoms with E-state index in [9.17, 15) is 9.90 Å². The molecule has 2 rings (SSSR count). The molecule has 0 spiro atoms. The number of nitrogens with zero attached hydrogens (tertiary/aromatic N) is 1. The summed E-state index contributed by atoms with van der Waals surface area (Å²) in [5, 5.41) is 12.3. The number of hydrogen-bond donors (Lipinski definition) is 4. The van der Waals surface area contributed by atoms with Crippen molar-refractivity contribution in [2.24, 2.45) is 5.73 Å². The molecule has 0 radical (unpaired) electrons. The Kier molecular flexibility index (Phi) is 4.11. The lowest BCUT2D eigenvalue weighted by Crippen LogP contribution is -2.31. The van der Waals surface area contributed by atoms with Crippen molar-refractivity contribution >= 4 is 23.1 Å². The number of nitrogens with two attached hydrogens (primary N) is 2. The first-order valence-corrected chi connectivity index (χ1v) is 6.45. The molecule has 0 bridgehead atoms. The topological polar surface area (TPSA) is 105 Å². The van der Waals surface area contributed by atoms with Gasteiger partial charge >= 0.3 is 6.03 Å². The van der Waals surface area contributed by atoms with Gasteiger partial charge in [0, 0.05) is 18.8 Å². The minimum absolute atomic E-state index is 0.312. The molecule has 0 aliphatic carbocycles. The van der Waals surface area contributed by atoms with Crippen molar-refractivity contribution in [1.29, 1.82) is 0 Å². The van der Waals surface area contributed by atoms with Crippen LogP contribution in [0.25, 0.3) is 0 Å². The van der Waals surface area contributed by atoms with Crippen LogP contribution in [0.1, 0.15) is 19.3 Å². The van der Waals surface area contributed by atoms with E-state index < -0.39 is 6.03 Å². The van der Waals surface area contributed by atoms with Crippen LogP contribution in [0.5, 0.6) is 0 Å². The fraction of sp³-hybridized carbons (Fsp3) is 0.462. The minimum atomic E-state index is -0.639. The summed E-state index contributed by atoms with van der Waals surface area (Å²) in [5.41, 5.74) is 12.8. The van der Waals surface area contributed by atoms with Gasteiger partial charge in [0.15, 0.2) is 0 Å². The van der Waals surface area contributed by atoms with Gasteiger partial charge in [0.05, 0.1) is 17.5 Å². The SMILES string of the molecule is NC(=O)Nc1cc(N2CCCCC(O)C2)ccc1N. The van der Waals surface area contributed by atoms with Crippen molar-refractivity contribution in [3.05, 3.63) is 18.2 Å². The Labute approximate surface area is 112 Å². The molecule has 1 aliphatic heterocycles. The van der Waals surface area contributed by atoms with Gasteiger partial charge in [-0.05, 0) is 37.5 Å². The standard InChI is InChI=1S/C13H20N4O2/c14-11-5-4-9(7-12(11)16-13(15)19)17-6-2-1-3-10(18)8-17/h4-5,7,10,18H,1-3,6,8,14H2,(H3,15,16,19). The van der Waals surface area contributed by atoms with Crippen LogP contribution in [0, 0.1) is 0 Å². The summed E-state index contributed by atoms with van der Waals surface area (Å²) in [5.74, 6) is 0. The number of benzene rings is 1. The van der Waals surface area contributed by atoms with E-state index in [1.807, 2.05) is 6.07 Å². The maximum atomic E-state index is 10.9. The van der Waals surface area contributed by atoms with Crippen molar-refractivity contribution in [2.75, 3.05) is 29.0 Å². The molecule has 1 aromatic carbocycles. The molecule has 0 saturated carbocycles. The third kappa shape index (κ3) is 3.51. The molecule has 2 amide bonds. The second kappa shape index (κ2) is 5.79. The summed E-state index contributed by atoms with van der Waals surface area (Å²) in [6, 6.07) is 4.77. The molecule has 0 aromatic heterocycles. The largest absolute Gasteiger partial charge is 0.397 e. The lowest BCUT2D eigenvalue weighted by atomic mass is 10.2. The monoisotopic (exact) mass is 264 g/mol. The van der Waals surface area contributed by atoms with Crippen LogP contribution < -0.4 is 21.7 Å². The first kappa shape index (κ1) is 13.5. The van der Waals surface area contributed by atoms with Gasteiger partial charge in [0.1, 0.15) is 0 Å². The Hall–Kier alpha value is -1.95. The molecule has 1 unspecified atom stereocenters. The fourth-order valence-electron chi connectivity index (χ4n) is 2.34. The maximum absolute atomic E-state index is 10.9. The summed E-state index contributed by atoms with van der Waals surface area (Å²) < 4.78 is 0. The number of aliphatic hydroxyl groups is 1. The summed E-state index contributed by atoms with van der Waals surface area (Å²) in [7, 11) is 0. The number of rotatable bonds is 2. The van der Waals surface area contributed by atoms with Gasteiger partial charge in [-0.3, -0.25) is 0 Å². The van der Waals surface area contributed by atoms with Crippen LogP contribution in [0.2, 0.25) is 0 Å². The highest BCUT2D eigenvalue weighted by Gasteiger charge is 2.17. The minimum Gasteiger partial charge on any atom is -0.397 e. The van der Waals surface area contributed by atoms with Crippen LogP contribution >= 0.6 is 0 Å². The van der Waals surface area contributed by atoms with E-state index in [0.717, 1.165) is 31.5 Å². The second-order valence-corrected chi connectivity index (χ2v) is 4.86. The third-order valence-corrected chi connectivity index (χ3v) is 3.31. The quantitative estimate of drug-likeness (QED) is 0.600. The molecule has 1 fully saturated rings. The average Bonchev–Trinajstić information content (AvgIpc) is 2.56. The van der Waals surface area contributed by atoms with Gasteiger partial charge in [-0.1, -0.05) is 0 Å². The number of aliphatic hydroxyl groups excluding tert-OH is 1.